The van der Waals surface area contributed by atoms with E-state index in [1.807, 2.05) is 0 Å². The summed E-state index contributed by atoms with van der Waals surface area (Å²) in [5, 5.41) is 0. The minimum Gasteiger partial charge on any atom is -0.462 e. The molecule has 3 atom stereocenters. The van der Waals surface area contributed by atoms with Gasteiger partial charge in [0.2, 0.25) is 0 Å². The third kappa shape index (κ3) is 2.47. The zero-order chi connectivity index (χ0) is 11.5. The lowest BCUT2D eigenvalue weighted by Gasteiger charge is -2.38. The normalized spacial score (nSPS) is 33.9. The average Bonchev–Trinajstić information content (AvgIpc) is 2.27. The van der Waals surface area contributed by atoms with Gasteiger partial charge in [0.15, 0.2) is 0 Å². The lowest BCUT2D eigenvalue weighted by atomic mass is 9.69. The summed E-state index contributed by atoms with van der Waals surface area (Å²) < 4.78 is 5.33. The summed E-state index contributed by atoms with van der Waals surface area (Å²) in [5.41, 5.74) is 1.57. The van der Waals surface area contributed by atoms with E-state index in [0.29, 0.717) is 0 Å². The van der Waals surface area contributed by atoms with Crippen molar-refractivity contribution in [3.05, 3.63) is 11.6 Å². The third-order valence-electron chi connectivity index (χ3n) is 4.11. The van der Waals surface area contributed by atoms with Crippen molar-refractivity contribution in [2.45, 2.75) is 58.5 Å². The van der Waals surface area contributed by atoms with E-state index >= 15 is 0 Å². The Morgan fingerprint density at radius 3 is 2.94 bits per heavy atom. The molecule has 0 spiro atoms. The number of allylic oxidation sites excluding steroid dienone is 1. The smallest absolute Gasteiger partial charge is 0.302 e. The first-order valence-electron chi connectivity index (χ1n) is 6.56. The zero-order valence-corrected chi connectivity index (χ0v) is 10.4. The Kier molecular flexibility index (Phi) is 3.67. The van der Waals surface area contributed by atoms with Gasteiger partial charge in [0.1, 0.15) is 6.10 Å². The first-order chi connectivity index (χ1) is 7.70. The molecule has 0 N–H and O–H groups in total. The van der Waals surface area contributed by atoms with Crippen LogP contribution in [-0.4, -0.2) is 12.1 Å². The van der Waals surface area contributed by atoms with Gasteiger partial charge in [-0.2, -0.15) is 0 Å². The van der Waals surface area contributed by atoms with Crippen molar-refractivity contribution >= 4 is 5.97 Å². The second-order valence-corrected chi connectivity index (χ2v) is 5.14. The number of carbonyl (C=O) groups is 1. The number of rotatable bonds is 2. The van der Waals surface area contributed by atoms with Gasteiger partial charge in [0.05, 0.1) is 0 Å². The largest absolute Gasteiger partial charge is 0.462 e. The summed E-state index contributed by atoms with van der Waals surface area (Å²) in [6.45, 7) is 3.81. The molecule has 90 valence electrons. The highest BCUT2D eigenvalue weighted by molar-refractivity contribution is 5.66. The molecule has 0 bridgehead atoms. The number of hydrogen-bond acceptors (Lipinski definition) is 2. The standard InChI is InChI=1S/C14H22O2/c1-3-11-5-4-6-12-9-13(16-10(2)15)7-8-14(11)12/h6,11,13-14H,3-5,7-9H2,1-2H3/t11?,13-,14?/m0/s1. The molecule has 0 amide bonds. The molecule has 1 saturated carbocycles. The maximum atomic E-state index is 11.0. The fraction of sp³-hybridized carbons (Fsp3) is 0.786. The van der Waals surface area contributed by atoms with Crippen molar-refractivity contribution in [1.29, 1.82) is 0 Å². The summed E-state index contributed by atoms with van der Waals surface area (Å²) in [7, 11) is 0. The highest BCUT2D eigenvalue weighted by Crippen LogP contribution is 2.42. The molecule has 2 unspecified atom stereocenters. The van der Waals surface area contributed by atoms with Gasteiger partial charge in [0, 0.05) is 13.3 Å². The molecule has 2 nitrogen and oxygen atoms in total. The minimum atomic E-state index is -0.132. The van der Waals surface area contributed by atoms with Gasteiger partial charge in [-0.05, 0) is 37.5 Å². The molecule has 2 rings (SSSR count). The van der Waals surface area contributed by atoms with Crippen LogP contribution in [-0.2, 0) is 9.53 Å². The van der Waals surface area contributed by atoms with E-state index in [0.717, 1.165) is 24.7 Å². The number of fused-ring (bicyclic) bond motifs is 1. The van der Waals surface area contributed by atoms with Crippen LogP contribution in [0.25, 0.3) is 0 Å². The van der Waals surface area contributed by atoms with E-state index in [9.17, 15) is 4.79 Å². The van der Waals surface area contributed by atoms with Crippen molar-refractivity contribution in [3.63, 3.8) is 0 Å². The van der Waals surface area contributed by atoms with Crippen LogP contribution >= 0.6 is 0 Å². The van der Waals surface area contributed by atoms with Crippen LogP contribution < -0.4 is 0 Å². The Hall–Kier alpha value is -0.790. The van der Waals surface area contributed by atoms with E-state index in [4.69, 9.17) is 4.74 Å². The van der Waals surface area contributed by atoms with Crippen LogP contribution in [0.3, 0.4) is 0 Å². The van der Waals surface area contributed by atoms with Crippen LogP contribution in [0.2, 0.25) is 0 Å². The van der Waals surface area contributed by atoms with Gasteiger partial charge >= 0.3 is 5.97 Å². The van der Waals surface area contributed by atoms with Gasteiger partial charge < -0.3 is 4.74 Å². The summed E-state index contributed by atoms with van der Waals surface area (Å²) >= 11 is 0. The van der Waals surface area contributed by atoms with E-state index in [1.54, 1.807) is 5.57 Å². The first kappa shape index (κ1) is 11.7. The molecular formula is C14H22O2. The zero-order valence-electron chi connectivity index (χ0n) is 10.4. The van der Waals surface area contributed by atoms with Crippen LogP contribution in [0.1, 0.15) is 52.4 Å². The van der Waals surface area contributed by atoms with E-state index in [-0.39, 0.29) is 12.1 Å². The Bertz CT molecular complexity index is 293. The third-order valence-corrected chi connectivity index (χ3v) is 4.11. The van der Waals surface area contributed by atoms with Crippen LogP contribution in [0.4, 0.5) is 0 Å². The molecule has 0 aromatic heterocycles. The van der Waals surface area contributed by atoms with E-state index < -0.39 is 0 Å². The average molecular weight is 222 g/mol. The molecule has 0 saturated heterocycles. The molecule has 2 aliphatic rings. The SMILES string of the molecule is CCC1CCC=C2C[C@@H](OC(C)=O)CCC21. The van der Waals surface area contributed by atoms with E-state index in [1.165, 1.54) is 32.6 Å². The maximum absolute atomic E-state index is 11.0. The van der Waals surface area contributed by atoms with Crippen LogP contribution in [0.15, 0.2) is 11.6 Å². The van der Waals surface area contributed by atoms with Crippen molar-refractivity contribution in [3.8, 4) is 0 Å². The molecule has 16 heavy (non-hydrogen) atoms. The number of esters is 1. The maximum Gasteiger partial charge on any atom is 0.302 e. The minimum absolute atomic E-state index is 0.132. The number of carbonyl (C=O) groups excluding carboxylic acids is 1. The predicted octanol–water partition coefficient (Wildman–Crippen LogP) is 3.46. The van der Waals surface area contributed by atoms with Gasteiger partial charge in [-0.25, -0.2) is 0 Å². The summed E-state index contributed by atoms with van der Waals surface area (Å²) in [6, 6.07) is 0. The molecule has 0 radical (unpaired) electrons. The van der Waals surface area contributed by atoms with E-state index in [2.05, 4.69) is 13.0 Å². The molecule has 2 heteroatoms. The fourth-order valence-corrected chi connectivity index (χ4v) is 3.35. The quantitative estimate of drug-likeness (QED) is 0.528. The van der Waals surface area contributed by atoms with Gasteiger partial charge in [-0.15, -0.1) is 0 Å². The molecular weight excluding hydrogens is 200 g/mol. The molecule has 0 aliphatic heterocycles. The van der Waals surface area contributed by atoms with Gasteiger partial charge in [-0.3, -0.25) is 4.79 Å². The van der Waals surface area contributed by atoms with Crippen LogP contribution in [0.5, 0.6) is 0 Å². The lowest BCUT2D eigenvalue weighted by molar-refractivity contribution is -0.147. The molecule has 2 aliphatic carbocycles. The van der Waals surface area contributed by atoms with Crippen molar-refractivity contribution in [2.75, 3.05) is 0 Å². The van der Waals surface area contributed by atoms with Gasteiger partial charge in [0.25, 0.3) is 0 Å². The number of hydrogen-bond donors (Lipinski definition) is 0. The Morgan fingerprint density at radius 1 is 1.44 bits per heavy atom. The highest BCUT2D eigenvalue weighted by Gasteiger charge is 2.33. The van der Waals surface area contributed by atoms with Gasteiger partial charge in [-0.1, -0.05) is 25.0 Å². The first-order valence-corrected chi connectivity index (χ1v) is 6.56. The second kappa shape index (κ2) is 5.03. The lowest BCUT2D eigenvalue weighted by Crippen LogP contribution is -2.30. The molecule has 0 aromatic rings. The topological polar surface area (TPSA) is 26.3 Å². The summed E-state index contributed by atoms with van der Waals surface area (Å²) in [6.07, 6.45) is 9.66. The Balaban J connectivity index is 1.99. The Morgan fingerprint density at radius 2 is 2.25 bits per heavy atom. The monoisotopic (exact) mass is 222 g/mol. The molecule has 1 fully saturated rings. The summed E-state index contributed by atoms with van der Waals surface area (Å²) in [5.74, 6) is 1.52. The predicted molar refractivity (Wildman–Crippen MR) is 64.0 cm³/mol. The summed E-state index contributed by atoms with van der Waals surface area (Å²) in [4.78, 5) is 11.0. The van der Waals surface area contributed by atoms with Crippen LogP contribution in [0, 0.1) is 11.8 Å². The highest BCUT2D eigenvalue weighted by atomic mass is 16.5. The fourth-order valence-electron chi connectivity index (χ4n) is 3.35. The van der Waals surface area contributed by atoms with Crippen molar-refractivity contribution < 1.29 is 9.53 Å². The molecule has 0 heterocycles. The van der Waals surface area contributed by atoms with Crippen molar-refractivity contribution in [2.24, 2.45) is 11.8 Å². The van der Waals surface area contributed by atoms with Crippen molar-refractivity contribution in [1.82, 2.24) is 0 Å². The number of ether oxygens (including phenoxy) is 1. The second-order valence-electron chi connectivity index (χ2n) is 5.14. The molecule has 0 aromatic carbocycles. The Labute approximate surface area is 98.1 Å².